The molecule has 0 spiro atoms. The molecule has 2 N–H and O–H groups in total. The number of nitrogens with zero attached hydrogens (tertiary/aromatic N) is 2. The van der Waals surface area contributed by atoms with Crippen LogP contribution in [0.5, 0.6) is 11.5 Å². The first kappa shape index (κ1) is 20.9. The number of carbonyl (C=O) groups excluding carboxylic acids is 2. The standard InChI is InChI=1S/C26H26N4O4/c1-24(2)25(3)9-10-26(24,23(32)30-29-20(31)11-15-7-5-4-6-8-15)22-21(25)27-16-12-18-19(34-14-33-18)13-17(16)28-22/h4-8,12-13H,9-11,14H2,1-3H3,(H,29,31)(H,30,32). The summed E-state index contributed by atoms with van der Waals surface area (Å²) in [5.41, 5.74) is 7.44. The number of benzene rings is 2. The first-order chi connectivity index (χ1) is 16.3. The summed E-state index contributed by atoms with van der Waals surface area (Å²) in [5, 5.41) is 0. The van der Waals surface area contributed by atoms with Crippen LogP contribution in [0.3, 0.4) is 0 Å². The van der Waals surface area contributed by atoms with Crippen molar-refractivity contribution in [1.29, 1.82) is 0 Å². The Morgan fingerprint density at radius 3 is 2.24 bits per heavy atom. The highest BCUT2D eigenvalue weighted by Crippen LogP contribution is 2.70. The Morgan fingerprint density at radius 2 is 1.56 bits per heavy atom. The second kappa shape index (κ2) is 6.91. The van der Waals surface area contributed by atoms with E-state index in [4.69, 9.17) is 19.4 Å². The number of hydrazine groups is 1. The fraction of sp³-hybridized carbons (Fsp3) is 0.385. The minimum Gasteiger partial charge on any atom is -0.454 e. The molecule has 6 rings (SSSR count). The van der Waals surface area contributed by atoms with Crippen LogP contribution in [0, 0.1) is 5.41 Å². The Morgan fingerprint density at radius 1 is 0.912 bits per heavy atom. The number of rotatable bonds is 3. The molecule has 8 nitrogen and oxygen atoms in total. The highest BCUT2D eigenvalue weighted by Gasteiger charge is 2.73. The zero-order valence-corrected chi connectivity index (χ0v) is 19.4. The third kappa shape index (κ3) is 2.59. The van der Waals surface area contributed by atoms with Gasteiger partial charge < -0.3 is 9.47 Å². The van der Waals surface area contributed by atoms with Crippen molar-refractivity contribution in [3.63, 3.8) is 0 Å². The topological polar surface area (TPSA) is 102 Å². The second-order valence-corrected chi connectivity index (χ2v) is 10.1. The fourth-order valence-electron chi connectivity index (χ4n) is 6.05. The molecule has 3 aliphatic rings. The van der Waals surface area contributed by atoms with Gasteiger partial charge in [0.15, 0.2) is 11.5 Å². The Labute approximate surface area is 197 Å². The molecule has 8 heteroatoms. The van der Waals surface area contributed by atoms with Crippen LogP contribution in [0.25, 0.3) is 11.0 Å². The maximum Gasteiger partial charge on any atom is 0.251 e. The quantitative estimate of drug-likeness (QED) is 0.585. The van der Waals surface area contributed by atoms with Crippen molar-refractivity contribution in [2.75, 3.05) is 6.79 Å². The van der Waals surface area contributed by atoms with Gasteiger partial charge in [0.05, 0.1) is 28.8 Å². The van der Waals surface area contributed by atoms with E-state index in [1.165, 1.54) is 0 Å². The molecular weight excluding hydrogens is 432 g/mol. The maximum atomic E-state index is 13.8. The van der Waals surface area contributed by atoms with Gasteiger partial charge in [0.2, 0.25) is 12.7 Å². The van der Waals surface area contributed by atoms with E-state index in [2.05, 4.69) is 31.6 Å². The molecule has 2 heterocycles. The summed E-state index contributed by atoms with van der Waals surface area (Å²) in [7, 11) is 0. The molecule has 1 saturated carbocycles. The normalized spacial score (nSPS) is 25.3. The van der Waals surface area contributed by atoms with Gasteiger partial charge in [0.1, 0.15) is 5.41 Å². The van der Waals surface area contributed by atoms with Gasteiger partial charge in [-0.3, -0.25) is 20.4 Å². The van der Waals surface area contributed by atoms with E-state index in [1.807, 2.05) is 42.5 Å². The van der Waals surface area contributed by atoms with Gasteiger partial charge in [-0.05, 0) is 23.8 Å². The molecule has 1 fully saturated rings. The van der Waals surface area contributed by atoms with Crippen LogP contribution >= 0.6 is 0 Å². The Hall–Kier alpha value is -3.68. The van der Waals surface area contributed by atoms with Gasteiger partial charge in [-0.25, -0.2) is 9.97 Å². The number of ether oxygens (including phenoxy) is 2. The summed E-state index contributed by atoms with van der Waals surface area (Å²) in [6.45, 7) is 6.54. The minimum absolute atomic E-state index is 0.172. The van der Waals surface area contributed by atoms with E-state index in [1.54, 1.807) is 0 Å². The molecule has 1 aromatic heterocycles. The first-order valence-electron chi connectivity index (χ1n) is 11.5. The summed E-state index contributed by atoms with van der Waals surface area (Å²) in [6.07, 6.45) is 1.63. The van der Waals surface area contributed by atoms with Crippen LogP contribution in [-0.2, 0) is 26.8 Å². The number of hydrogen-bond donors (Lipinski definition) is 2. The van der Waals surface area contributed by atoms with Crippen LogP contribution in [0.2, 0.25) is 0 Å². The average Bonchev–Trinajstić information content (AvgIpc) is 3.40. The number of aromatic nitrogens is 2. The highest BCUT2D eigenvalue weighted by atomic mass is 16.7. The third-order valence-corrected chi connectivity index (χ3v) is 8.44. The van der Waals surface area contributed by atoms with E-state index >= 15 is 0 Å². The lowest BCUT2D eigenvalue weighted by Crippen LogP contribution is -2.56. The number of fused-ring (bicyclic) bond motifs is 7. The molecule has 2 atom stereocenters. The zero-order chi connectivity index (χ0) is 23.7. The summed E-state index contributed by atoms with van der Waals surface area (Å²) in [6, 6.07) is 13.1. The highest BCUT2D eigenvalue weighted by molar-refractivity contribution is 5.94. The van der Waals surface area contributed by atoms with Crippen molar-refractivity contribution >= 4 is 22.8 Å². The Kier molecular flexibility index (Phi) is 4.25. The molecule has 2 unspecified atom stereocenters. The van der Waals surface area contributed by atoms with E-state index in [9.17, 15) is 9.59 Å². The Balaban J connectivity index is 1.36. The van der Waals surface area contributed by atoms with Crippen molar-refractivity contribution in [2.45, 2.75) is 50.9 Å². The average molecular weight is 459 g/mol. The number of carbonyl (C=O) groups is 2. The van der Waals surface area contributed by atoms with Gasteiger partial charge in [-0.15, -0.1) is 0 Å². The summed E-state index contributed by atoms with van der Waals surface area (Å²) >= 11 is 0. The molecule has 174 valence electrons. The maximum absolute atomic E-state index is 13.8. The van der Waals surface area contributed by atoms with Crippen LogP contribution in [0.1, 0.15) is 50.6 Å². The van der Waals surface area contributed by atoms with Gasteiger partial charge in [-0.1, -0.05) is 51.1 Å². The number of hydrogen-bond acceptors (Lipinski definition) is 6. The predicted molar refractivity (Wildman–Crippen MR) is 124 cm³/mol. The lowest BCUT2D eigenvalue weighted by atomic mass is 9.63. The van der Waals surface area contributed by atoms with Gasteiger partial charge >= 0.3 is 0 Å². The van der Waals surface area contributed by atoms with Crippen LogP contribution in [0.4, 0.5) is 0 Å². The van der Waals surface area contributed by atoms with Crippen molar-refractivity contribution in [1.82, 2.24) is 20.8 Å². The molecule has 34 heavy (non-hydrogen) atoms. The molecule has 2 amide bonds. The lowest BCUT2D eigenvalue weighted by molar-refractivity contribution is -0.135. The van der Waals surface area contributed by atoms with E-state index in [0.29, 0.717) is 29.1 Å². The molecule has 0 saturated heterocycles. The molecule has 2 bridgehead atoms. The zero-order valence-electron chi connectivity index (χ0n) is 19.4. The molecule has 0 radical (unpaired) electrons. The van der Waals surface area contributed by atoms with Gasteiger partial charge in [-0.2, -0.15) is 0 Å². The molecule has 1 aliphatic heterocycles. The predicted octanol–water partition coefficient (Wildman–Crippen LogP) is 3.08. The SMILES string of the molecule is CC12CCC(C(=O)NNC(=O)Cc3ccccc3)(c3nc4cc5c(cc4nc31)OCO5)C2(C)C. The van der Waals surface area contributed by atoms with Crippen LogP contribution < -0.4 is 20.3 Å². The third-order valence-electron chi connectivity index (χ3n) is 8.44. The molecule has 2 aliphatic carbocycles. The summed E-state index contributed by atoms with van der Waals surface area (Å²) < 4.78 is 11.0. The van der Waals surface area contributed by atoms with Crippen molar-refractivity contribution < 1.29 is 19.1 Å². The smallest absolute Gasteiger partial charge is 0.251 e. The van der Waals surface area contributed by atoms with E-state index in [0.717, 1.165) is 23.2 Å². The monoisotopic (exact) mass is 458 g/mol. The van der Waals surface area contributed by atoms with Crippen molar-refractivity contribution in [2.24, 2.45) is 5.41 Å². The van der Waals surface area contributed by atoms with Crippen molar-refractivity contribution in [3.05, 3.63) is 59.4 Å². The summed E-state index contributed by atoms with van der Waals surface area (Å²) in [4.78, 5) is 36.3. The van der Waals surface area contributed by atoms with Crippen LogP contribution in [0.15, 0.2) is 42.5 Å². The number of amides is 2. The van der Waals surface area contributed by atoms with E-state index < -0.39 is 10.8 Å². The molecular formula is C26H26N4O4. The summed E-state index contributed by atoms with van der Waals surface area (Å²) in [5.74, 6) is 0.755. The Bertz CT molecular complexity index is 1360. The van der Waals surface area contributed by atoms with Gasteiger partial charge in [0.25, 0.3) is 5.91 Å². The fourth-order valence-corrected chi connectivity index (χ4v) is 6.05. The lowest BCUT2D eigenvalue weighted by Gasteiger charge is -2.39. The number of nitrogens with one attached hydrogen (secondary N) is 2. The van der Waals surface area contributed by atoms with Gasteiger partial charge in [0, 0.05) is 17.5 Å². The molecule has 2 aromatic carbocycles. The van der Waals surface area contributed by atoms with E-state index in [-0.39, 0.29) is 30.4 Å². The first-order valence-corrected chi connectivity index (χ1v) is 11.5. The van der Waals surface area contributed by atoms with Crippen LogP contribution in [-0.4, -0.2) is 28.6 Å². The molecule has 3 aromatic rings. The second-order valence-electron chi connectivity index (χ2n) is 10.1. The largest absolute Gasteiger partial charge is 0.454 e. The van der Waals surface area contributed by atoms with Crippen molar-refractivity contribution in [3.8, 4) is 11.5 Å². The minimum atomic E-state index is -0.908.